The summed E-state index contributed by atoms with van der Waals surface area (Å²) in [6.07, 6.45) is 4.81. The Labute approximate surface area is 155 Å². The molecule has 1 atom stereocenters. The van der Waals surface area contributed by atoms with Crippen molar-refractivity contribution in [3.05, 3.63) is 29.8 Å². The van der Waals surface area contributed by atoms with Crippen molar-refractivity contribution in [2.45, 2.75) is 39.0 Å². The molecule has 26 heavy (non-hydrogen) atoms. The highest BCUT2D eigenvalue weighted by Gasteiger charge is 2.16. The summed E-state index contributed by atoms with van der Waals surface area (Å²) in [4.78, 5) is 26.2. The lowest BCUT2D eigenvalue weighted by molar-refractivity contribution is -0.136. The molecule has 0 spiro atoms. The van der Waals surface area contributed by atoms with Gasteiger partial charge in [0.15, 0.2) is 0 Å². The molecule has 0 aliphatic carbocycles. The third-order valence-electron chi connectivity index (χ3n) is 4.63. The van der Waals surface area contributed by atoms with E-state index >= 15 is 0 Å². The molecule has 0 aromatic heterocycles. The molecule has 1 aromatic carbocycles. The van der Waals surface area contributed by atoms with Crippen LogP contribution >= 0.6 is 0 Å². The molecule has 1 aliphatic heterocycles. The molecule has 1 aliphatic rings. The van der Waals surface area contributed by atoms with Gasteiger partial charge in [-0.25, -0.2) is 0 Å². The average Bonchev–Trinajstić information content (AvgIpc) is 2.63. The van der Waals surface area contributed by atoms with Crippen LogP contribution in [0.1, 0.15) is 38.2 Å². The molecule has 140 valence electrons. The summed E-state index contributed by atoms with van der Waals surface area (Å²) in [6, 6.07) is 8.97. The quantitative estimate of drug-likeness (QED) is 0.580. The van der Waals surface area contributed by atoms with Crippen LogP contribution in [0.4, 0.5) is 5.69 Å². The first-order valence-electron chi connectivity index (χ1n) is 9.36. The predicted octanol–water partition coefficient (Wildman–Crippen LogP) is 2.32. The van der Waals surface area contributed by atoms with E-state index in [9.17, 15) is 9.59 Å². The van der Waals surface area contributed by atoms with Crippen molar-refractivity contribution in [2.24, 2.45) is 5.92 Å². The molecule has 1 fully saturated rings. The molecule has 2 amide bonds. The molecule has 0 saturated carbocycles. The summed E-state index contributed by atoms with van der Waals surface area (Å²) in [5.74, 6) is -0.498. The SMILES string of the molecule is CC1CCCN(CCCCNC(=O)C(=O)Nc2ccc(CC#N)cc2)C1. The third-order valence-corrected chi connectivity index (χ3v) is 4.63. The first-order chi connectivity index (χ1) is 12.6. The number of carbonyl (C=O) groups excluding carboxylic acids is 2. The minimum atomic E-state index is -0.664. The lowest BCUT2D eigenvalue weighted by atomic mass is 10.0. The number of nitrogens with one attached hydrogen (secondary N) is 2. The van der Waals surface area contributed by atoms with Crippen LogP contribution in [0.3, 0.4) is 0 Å². The van der Waals surface area contributed by atoms with Gasteiger partial charge < -0.3 is 15.5 Å². The zero-order valence-electron chi connectivity index (χ0n) is 15.5. The van der Waals surface area contributed by atoms with Gasteiger partial charge in [0.05, 0.1) is 12.5 Å². The first-order valence-corrected chi connectivity index (χ1v) is 9.36. The Balaban J connectivity index is 1.61. The molecule has 1 heterocycles. The smallest absolute Gasteiger partial charge is 0.313 e. The second kappa shape index (κ2) is 10.6. The highest BCUT2D eigenvalue weighted by atomic mass is 16.2. The first kappa shape index (κ1) is 19.9. The van der Waals surface area contributed by atoms with E-state index in [-0.39, 0.29) is 0 Å². The lowest BCUT2D eigenvalue weighted by Gasteiger charge is -2.30. The highest BCUT2D eigenvalue weighted by Crippen LogP contribution is 2.15. The van der Waals surface area contributed by atoms with E-state index in [1.54, 1.807) is 24.3 Å². The van der Waals surface area contributed by atoms with Crippen LogP contribution in [0.5, 0.6) is 0 Å². The van der Waals surface area contributed by atoms with E-state index in [2.05, 4.69) is 28.5 Å². The van der Waals surface area contributed by atoms with E-state index in [1.807, 2.05) is 0 Å². The number of anilines is 1. The van der Waals surface area contributed by atoms with Crippen LogP contribution in [0.2, 0.25) is 0 Å². The van der Waals surface area contributed by atoms with Crippen LogP contribution in [-0.2, 0) is 16.0 Å². The number of nitrogens with zero attached hydrogens (tertiary/aromatic N) is 2. The molecular formula is C20H28N4O2. The Morgan fingerprint density at radius 1 is 1.23 bits per heavy atom. The van der Waals surface area contributed by atoms with E-state index in [1.165, 1.54) is 25.9 Å². The van der Waals surface area contributed by atoms with Gasteiger partial charge in [-0.3, -0.25) is 9.59 Å². The van der Waals surface area contributed by atoms with E-state index < -0.39 is 11.8 Å². The summed E-state index contributed by atoms with van der Waals surface area (Å²) >= 11 is 0. The van der Waals surface area contributed by atoms with Crippen molar-refractivity contribution in [3.63, 3.8) is 0 Å². The van der Waals surface area contributed by atoms with Crippen LogP contribution < -0.4 is 10.6 Å². The fourth-order valence-electron chi connectivity index (χ4n) is 3.22. The number of hydrogen-bond acceptors (Lipinski definition) is 4. The molecular weight excluding hydrogens is 328 g/mol. The maximum atomic E-state index is 11.9. The number of rotatable bonds is 7. The van der Waals surface area contributed by atoms with Crippen molar-refractivity contribution < 1.29 is 9.59 Å². The second-order valence-electron chi connectivity index (χ2n) is 7.00. The molecule has 0 radical (unpaired) electrons. The molecule has 0 bridgehead atoms. The molecule has 1 saturated heterocycles. The van der Waals surface area contributed by atoms with Gasteiger partial charge in [0.1, 0.15) is 0 Å². The maximum Gasteiger partial charge on any atom is 0.313 e. The van der Waals surface area contributed by atoms with E-state index in [0.29, 0.717) is 18.7 Å². The number of likely N-dealkylation sites (tertiary alicyclic amines) is 1. The van der Waals surface area contributed by atoms with Crippen molar-refractivity contribution >= 4 is 17.5 Å². The number of carbonyl (C=O) groups is 2. The van der Waals surface area contributed by atoms with Gasteiger partial charge in [0.25, 0.3) is 0 Å². The average molecular weight is 356 g/mol. The van der Waals surface area contributed by atoms with Gasteiger partial charge in [-0.15, -0.1) is 0 Å². The maximum absolute atomic E-state index is 11.9. The summed E-state index contributed by atoms with van der Waals surface area (Å²) in [7, 11) is 0. The summed E-state index contributed by atoms with van der Waals surface area (Å²) in [5.41, 5.74) is 1.42. The Kier molecular flexibility index (Phi) is 8.10. The van der Waals surface area contributed by atoms with E-state index in [0.717, 1.165) is 30.9 Å². The Morgan fingerprint density at radius 2 is 2.00 bits per heavy atom. The van der Waals surface area contributed by atoms with Gasteiger partial charge in [0, 0.05) is 18.8 Å². The van der Waals surface area contributed by atoms with Crippen molar-refractivity contribution in [1.29, 1.82) is 5.26 Å². The van der Waals surface area contributed by atoms with Crippen LogP contribution in [0.25, 0.3) is 0 Å². The third kappa shape index (κ3) is 6.85. The standard InChI is InChI=1S/C20H28N4O2/c1-16-5-4-14-24(15-16)13-3-2-12-22-19(25)20(26)23-18-8-6-17(7-9-18)10-11-21/h6-9,16H,2-5,10,12-15H2,1H3,(H,22,25)(H,23,26). The van der Waals surface area contributed by atoms with Crippen molar-refractivity contribution in [3.8, 4) is 6.07 Å². The van der Waals surface area contributed by atoms with Gasteiger partial charge in [-0.2, -0.15) is 5.26 Å². The zero-order valence-corrected chi connectivity index (χ0v) is 15.5. The molecule has 6 nitrogen and oxygen atoms in total. The normalized spacial score (nSPS) is 17.3. The number of nitriles is 1. The van der Waals surface area contributed by atoms with Gasteiger partial charge in [0.2, 0.25) is 0 Å². The second-order valence-corrected chi connectivity index (χ2v) is 7.00. The summed E-state index contributed by atoms with van der Waals surface area (Å²) in [5, 5.41) is 13.9. The molecule has 2 N–H and O–H groups in total. The van der Waals surface area contributed by atoms with Gasteiger partial charge in [-0.05, 0) is 62.4 Å². The van der Waals surface area contributed by atoms with Crippen LogP contribution in [0, 0.1) is 17.2 Å². The minimum absolute atomic E-state index is 0.324. The lowest BCUT2D eigenvalue weighted by Crippen LogP contribution is -2.37. The number of benzene rings is 1. The largest absolute Gasteiger partial charge is 0.348 e. The minimum Gasteiger partial charge on any atom is -0.348 e. The van der Waals surface area contributed by atoms with Crippen molar-refractivity contribution in [2.75, 3.05) is 31.5 Å². The van der Waals surface area contributed by atoms with Crippen LogP contribution in [-0.4, -0.2) is 42.9 Å². The predicted molar refractivity (Wildman–Crippen MR) is 101 cm³/mol. The monoisotopic (exact) mass is 356 g/mol. The summed E-state index contributed by atoms with van der Waals surface area (Å²) < 4.78 is 0. The Bertz CT molecular complexity index is 636. The van der Waals surface area contributed by atoms with Crippen molar-refractivity contribution in [1.82, 2.24) is 10.2 Å². The zero-order chi connectivity index (χ0) is 18.8. The molecule has 6 heteroatoms. The number of amides is 2. The molecule has 1 aromatic rings. The molecule has 2 rings (SSSR count). The number of hydrogen-bond donors (Lipinski definition) is 2. The van der Waals surface area contributed by atoms with Gasteiger partial charge in [-0.1, -0.05) is 19.1 Å². The molecule has 1 unspecified atom stereocenters. The Morgan fingerprint density at radius 3 is 2.69 bits per heavy atom. The van der Waals surface area contributed by atoms with Gasteiger partial charge >= 0.3 is 11.8 Å². The van der Waals surface area contributed by atoms with E-state index in [4.69, 9.17) is 5.26 Å². The Hall–Kier alpha value is -2.39. The summed E-state index contributed by atoms with van der Waals surface area (Å²) in [6.45, 7) is 6.20. The topological polar surface area (TPSA) is 85.2 Å². The highest BCUT2D eigenvalue weighted by molar-refractivity contribution is 6.39. The fourth-order valence-corrected chi connectivity index (χ4v) is 3.22. The van der Waals surface area contributed by atoms with Crippen LogP contribution in [0.15, 0.2) is 24.3 Å². The number of piperidine rings is 1. The number of unbranched alkanes of at least 4 members (excludes halogenated alkanes) is 1. The fraction of sp³-hybridized carbons (Fsp3) is 0.550.